The van der Waals surface area contributed by atoms with Gasteiger partial charge in [-0.05, 0) is 32.9 Å². The molecule has 0 atom stereocenters. The molecule has 0 aromatic heterocycles. The first-order chi connectivity index (χ1) is 10.8. The summed E-state index contributed by atoms with van der Waals surface area (Å²) in [6.45, 7) is 8.28. The van der Waals surface area contributed by atoms with Crippen LogP contribution in [0.3, 0.4) is 0 Å². The van der Waals surface area contributed by atoms with Gasteiger partial charge in [-0.15, -0.1) is 0 Å². The predicted octanol–water partition coefficient (Wildman–Crippen LogP) is 3.08. The lowest BCUT2D eigenvalue weighted by Gasteiger charge is -2.35. The smallest absolute Gasteiger partial charge is 0.410 e. The summed E-state index contributed by atoms with van der Waals surface area (Å²) in [5.74, 6) is 0.00122. The Hall–Kier alpha value is -1.59. The summed E-state index contributed by atoms with van der Waals surface area (Å²) < 4.78 is 5.36. The summed E-state index contributed by atoms with van der Waals surface area (Å²) in [7, 11) is 0. The summed E-state index contributed by atoms with van der Waals surface area (Å²) in [5, 5.41) is 0.477. The zero-order chi connectivity index (χ0) is 17.0. The van der Waals surface area contributed by atoms with Gasteiger partial charge in [0.25, 0.3) is 0 Å². The Morgan fingerprint density at radius 1 is 1.13 bits per heavy atom. The summed E-state index contributed by atoms with van der Waals surface area (Å²) in [6, 6.07) is 7.06. The van der Waals surface area contributed by atoms with Gasteiger partial charge in [0, 0.05) is 31.7 Å². The molecule has 1 aromatic rings. The first-order valence-electron chi connectivity index (χ1n) is 7.74. The van der Waals surface area contributed by atoms with Crippen molar-refractivity contribution in [2.75, 3.05) is 32.7 Å². The summed E-state index contributed by atoms with van der Waals surface area (Å²) >= 11 is 6.05. The van der Waals surface area contributed by atoms with Crippen molar-refractivity contribution in [2.24, 2.45) is 0 Å². The van der Waals surface area contributed by atoms with E-state index >= 15 is 0 Å². The number of carbonyl (C=O) groups excluding carboxylic acids is 2. The van der Waals surface area contributed by atoms with E-state index in [1.54, 1.807) is 29.2 Å². The van der Waals surface area contributed by atoms with Crippen molar-refractivity contribution in [1.82, 2.24) is 9.80 Å². The largest absolute Gasteiger partial charge is 0.444 e. The second kappa shape index (κ2) is 7.32. The molecular formula is C17H23ClN2O3. The molecule has 126 valence electrons. The van der Waals surface area contributed by atoms with Gasteiger partial charge in [-0.25, -0.2) is 4.79 Å². The number of carbonyl (C=O) groups is 2. The van der Waals surface area contributed by atoms with Crippen LogP contribution < -0.4 is 0 Å². The second-order valence-electron chi connectivity index (χ2n) is 6.65. The Kier molecular flexibility index (Phi) is 5.65. The van der Waals surface area contributed by atoms with Crippen molar-refractivity contribution < 1.29 is 14.3 Å². The fraction of sp³-hybridized carbons (Fsp3) is 0.529. The zero-order valence-electron chi connectivity index (χ0n) is 13.8. The van der Waals surface area contributed by atoms with Crippen molar-refractivity contribution in [3.63, 3.8) is 0 Å². The Morgan fingerprint density at radius 2 is 1.74 bits per heavy atom. The average Bonchev–Trinajstić information content (AvgIpc) is 2.46. The Balaban J connectivity index is 1.84. The van der Waals surface area contributed by atoms with Crippen LogP contribution in [0.4, 0.5) is 4.79 Å². The molecule has 23 heavy (non-hydrogen) atoms. The van der Waals surface area contributed by atoms with Gasteiger partial charge in [-0.2, -0.15) is 0 Å². The van der Waals surface area contributed by atoms with Gasteiger partial charge in [0.1, 0.15) is 5.60 Å². The molecule has 1 saturated heterocycles. The minimum Gasteiger partial charge on any atom is -0.444 e. The lowest BCUT2D eigenvalue weighted by atomic mass is 10.1. The van der Waals surface area contributed by atoms with E-state index in [1.165, 1.54) is 0 Å². The summed E-state index contributed by atoms with van der Waals surface area (Å²) in [5.41, 5.74) is 0.0533. The summed E-state index contributed by atoms with van der Waals surface area (Å²) in [6.07, 6.45) is -0.297. The molecular weight excluding hydrogens is 316 g/mol. The van der Waals surface area contributed by atoms with Crippen LogP contribution in [-0.2, 0) is 4.74 Å². The Bertz CT molecular complexity index is 575. The van der Waals surface area contributed by atoms with E-state index in [9.17, 15) is 9.59 Å². The van der Waals surface area contributed by atoms with Gasteiger partial charge in [0.2, 0.25) is 0 Å². The van der Waals surface area contributed by atoms with Crippen LogP contribution in [0.5, 0.6) is 0 Å². The molecule has 1 amide bonds. The van der Waals surface area contributed by atoms with Crippen molar-refractivity contribution in [1.29, 1.82) is 0 Å². The zero-order valence-corrected chi connectivity index (χ0v) is 14.6. The van der Waals surface area contributed by atoms with Crippen LogP contribution in [0.15, 0.2) is 24.3 Å². The fourth-order valence-electron chi connectivity index (χ4n) is 2.39. The average molecular weight is 339 g/mol. The maximum absolute atomic E-state index is 12.3. The molecule has 1 fully saturated rings. The van der Waals surface area contributed by atoms with Gasteiger partial charge >= 0.3 is 6.09 Å². The third-order valence-electron chi connectivity index (χ3n) is 3.57. The van der Waals surface area contributed by atoms with Crippen LogP contribution in [-0.4, -0.2) is 60.0 Å². The number of Topliss-reactive ketones (excluding diaryl/α,β-unsaturated/α-hetero) is 1. The molecule has 0 saturated carbocycles. The van der Waals surface area contributed by atoms with Crippen LogP contribution >= 0.6 is 11.6 Å². The quantitative estimate of drug-likeness (QED) is 0.795. The van der Waals surface area contributed by atoms with E-state index in [0.717, 1.165) is 0 Å². The van der Waals surface area contributed by atoms with Gasteiger partial charge in [0.15, 0.2) is 5.78 Å². The standard InChI is InChI=1S/C17H23ClN2O3/c1-17(2,3)23-16(22)20-10-8-19(9-11-20)12-15(21)13-6-4-5-7-14(13)18/h4-7H,8-12H2,1-3H3. The molecule has 0 radical (unpaired) electrons. The molecule has 1 aromatic carbocycles. The van der Waals surface area contributed by atoms with Crippen LogP contribution in [0, 0.1) is 0 Å². The highest BCUT2D eigenvalue weighted by molar-refractivity contribution is 6.34. The van der Waals surface area contributed by atoms with Gasteiger partial charge in [0.05, 0.1) is 11.6 Å². The molecule has 0 bridgehead atoms. The molecule has 0 aliphatic carbocycles. The van der Waals surface area contributed by atoms with Crippen molar-refractivity contribution in [2.45, 2.75) is 26.4 Å². The normalized spacial score (nSPS) is 16.3. The fourth-order valence-corrected chi connectivity index (χ4v) is 2.63. The first kappa shape index (κ1) is 17.8. The van der Waals surface area contributed by atoms with Gasteiger partial charge in [-0.3, -0.25) is 9.69 Å². The SMILES string of the molecule is CC(C)(C)OC(=O)N1CCN(CC(=O)c2ccccc2Cl)CC1. The number of ketones is 1. The highest BCUT2D eigenvalue weighted by Gasteiger charge is 2.26. The number of hydrogen-bond donors (Lipinski definition) is 0. The lowest BCUT2D eigenvalue weighted by Crippen LogP contribution is -2.51. The molecule has 6 heteroatoms. The number of nitrogens with zero attached hydrogens (tertiary/aromatic N) is 2. The van der Waals surface area contributed by atoms with Crippen LogP contribution in [0.2, 0.25) is 5.02 Å². The first-order valence-corrected chi connectivity index (χ1v) is 8.12. The topological polar surface area (TPSA) is 49.9 Å². The molecule has 1 aliphatic heterocycles. The number of piperazine rings is 1. The van der Waals surface area contributed by atoms with Crippen LogP contribution in [0.25, 0.3) is 0 Å². The van der Waals surface area contributed by atoms with E-state index in [1.807, 2.05) is 25.7 Å². The highest BCUT2D eigenvalue weighted by Crippen LogP contribution is 2.17. The molecule has 0 spiro atoms. The maximum atomic E-state index is 12.3. The number of halogens is 1. The number of ether oxygens (including phenoxy) is 1. The number of benzene rings is 1. The van der Waals surface area contributed by atoms with Crippen LogP contribution in [0.1, 0.15) is 31.1 Å². The highest BCUT2D eigenvalue weighted by atomic mass is 35.5. The maximum Gasteiger partial charge on any atom is 0.410 e. The molecule has 0 N–H and O–H groups in total. The van der Waals surface area contributed by atoms with E-state index in [-0.39, 0.29) is 11.9 Å². The third kappa shape index (κ3) is 5.22. The van der Waals surface area contributed by atoms with Gasteiger partial charge in [-0.1, -0.05) is 23.7 Å². The van der Waals surface area contributed by atoms with E-state index in [4.69, 9.17) is 16.3 Å². The van der Waals surface area contributed by atoms with E-state index in [2.05, 4.69) is 0 Å². The van der Waals surface area contributed by atoms with Crippen molar-refractivity contribution in [3.05, 3.63) is 34.9 Å². The van der Waals surface area contributed by atoms with Gasteiger partial charge < -0.3 is 9.64 Å². The molecule has 5 nitrogen and oxygen atoms in total. The Labute approximate surface area is 142 Å². The lowest BCUT2D eigenvalue weighted by molar-refractivity contribution is 0.0149. The predicted molar refractivity (Wildman–Crippen MR) is 90.0 cm³/mol. The monoisotopic (exact) mass is 338 g/mol. The van der Waals surface area contributed by atoms with Crippen molar-refractivity contribution in [3.8, 4) is 0 Å². The Morgan fingerprint density at radius 3 is 2.30 bits per heavy atom. The number of amides is 1. The second-order valence-corrected chi connectivity index (χ2v) is 7.05. The minimum absolute atomic E-state index is 0.00122. The van der Waals surface area contributed by atoms with E-state index < -0.39 is 5.60 Å². The number of hydrogen-bond acceptors (Lipinski definition) is 4. The van der Waals surface area contributed by atoms with Crippen molar-refractivity contribution >= 4 is 23.5 Å². The number of rotatable bonds is 3. The van der Waals surface area contributed by atoms with E-state index in [0.29, 0.717) is 43.3 Å². The molecule has 0 unspecified atom stereocenters. The third-order valence-corrected chi connectivity index (χ3v) is 3.90. The minimum atomic E-state index is -0.492. The molecule has 1 aliphatic rings. The molecule has 2 rings (SSSR count). The summed E-state index contributed by atoms with van der Waals surface area (Å²) in [4.78, 5) is 28.0. The molecule has 1 heterocycles.